The van der Waals surface area contributed by atoms with Crippen LogP contribution < -0.4 is 5.32 Å². The maximum Gasteiger partial charge on any atom is 0.250 e. The first-order valence-corrected chi connectivity index (χ1v) is 8.83. The van der Waals surface area contributed by atoms with Gasteiger partial charge in [-0.05, 0) is 51.5 Å². The number of carbonyl (C=O) groups excluding carboxylic acids is 1. The molecule has 0 aliphatic rings. The van der Waals surface area contributed by atoms with Crippen molar-refractivity contribution in [2.24, 2.45) is 0 Å². The molecule has 3 rings (SSSR count). The van der Waals surface area contributed by atoms with Crippen LogP contribution in [0.4, 0.5) is 5.82 Å². The molecule has 0 unspecified atom stereocenters. The lowest BCUT2D eigenvalue weighted by Gasteiger charge is -2.16. The first kappa shape index (κ1) is 18.2. The van der Waals surface area contributed by atoms with Crippen LogP contribution in [0.1, 0.15) is 35.5 Å². The number of carbonyl (C=O) groups is 1. The molecule has 1 N–H and O–H groups in total. The maximum absolute atomic E-state index is 12.7. The van der Waals surface area contributed by atoms with Gasteiger partial charge in [0.1, 0.15) is 11.9 Å². The van der Waals surface area contributed by atoms with Crippen LogP contribution in [0, 0.1) is 20.8 Å². The zero-order valence-electron chi connectivity index (χ0n) is 15.3. The third-order valence-corrected chi connectivity index (χ3v) is 4.55. The fourth-order valence-corrected chi connectivity index (χ4v) is 3.02. The van der Waals surface area contributed by atoms with Crippen LogP contribution >= 0.6 is 11.6 Å². The molecule has 2 aromatic heterocycles. The lowest BCUT2D eigenvalue weighted by molar-refractivity contribution is -0.119. The second kappa shape index (κ2) is 7.33. The van der Waals surface area contributed by atoms with Crippen LogP contribution in [0.2, 0.25) is 5.02 Å². The molecule has 1 atom stereocenters. The van der Waals surface area contributed by atoms with Gasteiger partial charge in [0.05, 0.1) is 18.4 Å². The fourth-order valence-electron chi connectivity index (χ4n) is 2.89. The molecule has 0 radical (unpaired) electrons. The van der Waals surface area contributed by atoms with Gasteiger partial charge in [0.2, 0.25) is 5.91 Å². The molecule has 0 bridgehead atoms. The Bertz CT molecular complexity index is 926. The van der Waals surface area contributed by atoms with Gasteiger partial charge in [-0.15, -0.1) is 0 Å². The van der Waals surface area contributed by atoms with Crippen LogP contribution in [-0.2, 0) is 11.3 Å². The molecule has 0 fully saturated rings. The molecular formula is C19H22ClN5O. The topological polar surface area (TPSA) is 64.7 Å². The fraction of sp³-hybridized carbons (Fsp3) is 0.316. The van der Waals surface area contributed by atoms with E-state index in [0.717, 1.165) is 22.5 Å². The molecule has 1 amide bonds. The van der Waals surface area contributed by atoms with E-state index in [-0.39, 0.29) is 5.91 Å². The number of halogens is 1. The van der Waals surface area contributed by atoms with Gasteiger partial charge in [0.25, 0.3) is 0 Å². The molecule has 136 valence electrons. The van der Waals surface area contributed by atoms with Crippen molar-refractivity contribution in [3.8, 4) is 0 Å². The van der Waals surface area contributed by atoms with Gasteiger partial charge in [-0.3, -0.25) is 9.48 Å². The lowest BCUT2D eigenvalue weighted by Crippen LogP contribution is -2.27. The van der Waals surface area contributed by atoms with Crippen molar-refractivity contribution >= 4 is 23.3 Å². The number of hydrogen-bond donors (Lipinski definition) is 1. The Morgan fingerprint density at radius 3 is 2.54 bits per heavy atom. The minimum atomic E-state index is -0.415. The molecule has 0 spiro atoms. The number of aryl methyl sites for hydroxylation is 3. The minimum absolute atomic E-state index is 0.128. The highest BCUT2D eigenvalue weighted by molar-refractivity contribution is 6.30. The molecule has 0 saturated heterocycles. The third-order valence-electron chi connectivity index (χ3n) is 4.30. The summed E-state index contributed by atoms with van der Waals surface area (Å²) >= 11 is 5.94. The largest absolute Gasteiger partial charge is 0.309 e. The summed E-state index contributed by atoms with van der Waals surface area (Å²) in [6, 6.07) is 9.13. The smallest absolute Gasteiger partial charge is 0.250 e. The summed E-state index contributed by atoms with van der Waals surface area (Å²) in [6.45, 7) is 8.17. The lowest BCUT2D eigenvalue weighted by atomic mass is 10.2. The van der Waals surface area contributed by atoms with E-state index in [9.17, 15) is 4.79 Å². The summed E-state index contributed by atoms with van der Waals surface area (Å²) in [5.41, 5.74) is 3.81. The highest BCUT2D eigenvalue weighted by Crippen LogP contribution is 2.19. The molecule has 1 aromatic carbocycles. The Kier molecular flexibility index (Phi) is 5.13. The Hall–Kier alpha value is -2.60. The average Bonchev–Trinajstić information content (AvgIpc) is 3.11. The quantitative estimate of drug-likeness (QED) is 0.739. The van der Waals surface area contributed by atoms with Crippen LogP contribution in [0.3, 0.4) is 0 Å². The SMILES string of the molecule is Cc1cc(C)n([C@@H](C)C(=O)Nc2c(C)cnn2Cc2ccc(Cl)cc2)n1. The second-order valence-corrected chi connectivity index (χ2v) is 6.93. The van der Waals surface area contributed by atoms with Gasteiger partial charge in [0.15, 0.2) is 0 Å². The average molecular weight is 372 g/mol. The van der Waals surface area contributed by atoms with E-state index in [1.807, 2.05) is 58.0 Å². The third kappa shape index (κ3) is 3.80. The summed E-state index contributed by atoms with van der Waals surface area (Å²) in [6.07, 6.45) is 1.75. The van der Waals surface area contributed by atoms with E-state index in [1.165, 1.54) is 0 Å². The summed E-state index contributed by atoms with van der Waals surface area (Å²) < 4.78 is 3.52. The molecule has 26 heavy (non-hydrogen) atoms. The van der Waals surface area contributed by atoms with Gasteiger partial charge in [-0.1, -0.05) is 23.7 Å². The Labute approximate surface area is 157 Å². The Morgan fingerprint density at radius 1 is 1.23 bits per heavy atom. The molecule has 2 heterocycles. The van der Waals surface area contributed by atoms with Crippen LogP contribution in [0.25, 0.3) is 0 Å². The van der Waals surface area contributed by atoms with Crippen LogP contribution in [0.15, 0.2) is 36.5 Å². The maximum atomic E-state index is 12.7. The molecule has 7 heteroatoms. The molecule has 0 aliphatic carbocycles. The normalized spacial score (nSPS) is 12.2. The number of benzene rings is 1. The summed E-state index contributed by atoms with van der Waals surface area (Å²) in [5.74, 6) is 0.565. The zero-order chi connectivity index (χ0) is 18.8. The van der Waals surface area contributed by atoms with E-state index in [1.54, 1.807) is 15.6 Å². The number of anilines is 1. The van der Waals surface area contributed by atoms with Gasteiger partial charge < -0.3 is 5.32 Å². The van der Waals surface area contributed by atoms with E-state index >= 15 is 0 Å². The van der Waals surface area contributed by atoms with Crippen molar-refractivity contribution in [2.75, 3.05) is 5.32 Å². The van der Waals surface area contributed by atoms with E-state index in [2.05, 4.69) is 15.5 Å². The van der Waals surface area contributed by atoms with E-state index in [0.29, 0.717) is 17.4 Å². The molecular weight excluding hydrogens is 350 g/mol. The highest BCUT2D eigenvalue weighted by atomic mass is 35.5. The number of aromatic nitrogens is 4. The number of nitrogens with one attached hydrogen (secondary N) is 1. The summed E-state index contributed by atoms with van der Waals surface area (Å²) in [5, 5.41) is 12.5. The Balaban J connectivity index is 1.79. The number of amides is 1. The van der Waals surface area contributed by atoms with Crippen molar-refractivity contribution in [1.82, 2.24) is 19.6 Å². The summed E-state index contributed by atoms with van der Waals surface area (Å²) in [4.78, 5) is 12.7. The highest BCUT2D eigenvalue weighted by Gasteiger charge is 2.20. The predicted molar refractivity (Wildman–Crippen MR) is 103 cm³/mol. The minimum Gasteiger partial charge on any atom is -0.309 e. The molecule has 6 nitrogen and oxygen atoms in total. The van der Waals surface area contributed by atoms with Gasteiger partial charge in [-0.25, -0.2) is 4.68 Å². The van der Waals surface area contributed by atoms with Crippen molar-refractivity contribution in [2.45, 2.75) is 40.3 Å². The predicted octanol–water partition coefficient (Wildman–Crippen LogP) is 3.91. The summed E-state index contributed by atoms with van der Waals surface area (Å²) in [7, 11) is 0. The van der Waals surface area contributed by atoms with E-state index < -0.39 is 6.04 Å². The van der Waals surface area contributed by atoms with Gasteiger partial charge in [-0.2, -0.15) is 10.2 Å². The van der Waals surface area contributed by atoms with Gasteiger partial charge >= 0.3 is 0 Å². The van der Waals surface area contributed by atoms with Crippen molar-refractivity contribution < 1.29 is 4.79 Å². The monoisotopic (exact) mass is 371 g/mol. The number of nitrogens with zero attached hydrogens (tertiary/aromatic N) is 4. The van der Waals surface area contributed by atoms with Gasteiger partial charge in [0, 0.05) is 16.3 Å². The Morgan fingerprint density at radius 2 is 1.92 bits per heavy atom. The van der Waals surface area contributed by atoms with Crippen molar-refractivity contribution in [3.63, 3.8) is 0 Å². The molecule has 0 saturated carbocycles. The second-order valence-electron chi connectivity index (χ2n) is 6.50. The standard InChI is InChI=1S/C19H22ClN5O/c1-12-10-21-24(11-16-5-7-17(20)8-6-16)18(12)22-19(26)15(4)25-14(3)9-13(2)23-25/h5-10,15H,11H2,1-4H3,(H,22,26)/t15-/m0/s1. The zero-order valence-corrected chi connectivity index (χ0v) is 16.1. The number of hydrogen-bond acceptors (Lipinski definition) is 3. The molecule has 3 aromatic rings. The number of rotatable bonds is 5. The van der Waals surface area contributed by atoms with Crippen LogP contribution in [-0.4, -0.2) is 25.5 Å². The van der Waals surface area contributed by atoms with Crippen molar-refractivity contribution in [3.05, 3.63) is 64.1 Å². The van der Waals surface area contributed by atoms with E-state index in [4.69, 9.17) is 11.6 Å². The van der Waals surface area contributed by atoms with Crippen molar-refractivity contribution in [1.29, 1.82) is 0 Å². The van der Waals surface area contributed by atoms with Crippen LogP contribution in [0.5, 0.6) is 0 Å². The molecule has 0 aliphatic heterocycles. The first-order chi connectivity index (χ1) is 12.3. The first-order valence-electron chi connectivity index (χ1n) is 8.45.